The van der Waals surface area contributed by atoms with E-state index in [-0.39, 0.29) is 29.6 Å². The molecule has 35 heavy (non-hydrogen) atoms. The van der Waals surface area contributed by atoms with Gasteiger partial charge in [0.15, 0.2) is 6.10 Å². The minimum Gasteiger partial charge on any atom is -0.481 e. The molecule has 2 aliphatic heterocycles. The van der Waals surface area contributed by atoms with Gasteiger partial charge in [0.25, 0.3) is 11.8 Å². The molecule has 2 saturated heterocycles. The van der Waals surface area contributed by atoms with Gasteiger partial charge in [0.05, 0.1) is 5.56 Å². The number of primary amides is 1. The maximum absolute atomic E-state index is 13.0. The van der Waals surface area contributed by atoms with Crippen molar-refractivity contribution in [1.82, 2.24) is 9.80 Å². The molecule has 4 unspecified atom stereocenters. The van der Waals surface area contributed by atoms with Gasteiger partial charge in [-0.25, -0.2) is 0 Å². The lowest BCUT2D eigenvalue weighted by molar-refractivity contribution is -0.137. The molecule has 0 aromatic heterocycles. The first kappa shape index (κ1) is 25.0. The van der Waals surface area contributed by atoms with Gasteiger partial charge < -0.3 is 15.4 Å². The summed E-state index contributed by atoms with van der Waals surface area (Å²) in [6.07, 6.45) is -4.31. The van der Waals surface area contributed by atoms with Crippen LogP contribution < -0.4 is 10.5 Å². The quantitative estimate of drug-likeness (QED) is 0.659. The van der Waals surface area contributed by atoms with E-state index >= 15 is 0 Å². The van der Waals surface area contributed by atoms with Gasteiger partial charge in [-0.2, -0.15) is 13.2 Å². The van der Waals surface area contributed by atoms with Crippen molar-refractivity contribution >= 4 is 11.8 Å². The van der Waals surface area contributed by atoms with Crippen molar-refractivity contribution in [2.24, 2.45) is 5.73 Å². The molecule has 6 nitrogen and oxygen atoms in total. The highest BCUT2D eigenvalue weighted by Gasteiger charge is 2.47. The van der Waals surface area contributed by atoms with Gasteiger partial charge in [0.2, 0.25) is 0 Å². The summed E-state index contributed by atoms with van der Waals surface area (Å²) >= 11 is 0. The Balaban J connectivity index is 1.44. The predicted octanol–water partition coefficient (Wildman–Crippen LogP) is 4.23. The van der Waals surface area contributed by atoms with Crippen molar-refractivity contribution in [2.45, 2.75) is 64.5 Å². The van der Waals surface area contributed by atoms with Crippen molar-refractivity contribution in [3.8, 4) is 5.75 Å². The number of carbonyl (C=O) groups excluding carboxylic acids is 2. The summed E-state index contributed by atoms with van der Waals surface area (Å²) in [6.45, 7) is 8.98. The molecule has 0 aliphatic carbocycles. The Morgan fingerprint density at radius 2 is 1.66 bits per heavy atom. The van der Waals surface area contributed by atoms with Crippen LogP contribution in [0.2, 0.25) is 0 Å². The average molecular weight is 490 g/mol. The van der Waals surface area contributed by atoms with E-state index in [1.807, 2.05) is 26.0 Å². The lowest BCUT2D eigenvalue weighted by atomic mass is 9.96. The third kappa shape index (κ3) is 4.74. The van der Waals surface area contributed by atoms with Crippen molar-refractivity contribution in [3.63, 3.8) is 0 Å². The molecule has 0 saturated carbocycles. The maximum Gasteiger partial charge on any atom is 0.416 e. The lowest BCUT2D eigenvalue weighted by Crippen LogP contribution is -2.49. The number of rotatable bonds is 6. The fourth-order valence-electron chi connectivity index (χ4n) is 5.21. The van der Waals surface area contributed by atoms with Crippen LogP contribution in [-0.2, 0) is 11.0 Å². The van der Waals surface area contributed by atoms with Crippen LogP contribution >= 0.6 is 0 Å². The Morgan fingerprint density at radius 3 is 2.20 bits per heavy atom. The Kier molecular flexibility index (Phi) is 6.57. The fourth-order valence-corrected chi connectivity index (χ4v) is 5.21. The van der Waals surface area contributed by atoms with E-state index in [9.17, 15) is 22.8 Å². The Labute approximate surface area is 202 Å². The van der Waals surface area contributed by atoms with Crippen LogP contribution in [0, 0.1) is 13.8 Å². The van der Waals surface area contributed by atoms with E-state index in [0.717, 1.165) is 35.2 Å². The van der Waals surface area contributed by atoms with Crippen LogP contribution in [0.1, 0.15) is 58.9 Å². The Morgan fingerprint density at radius 1 is 1.00 bits per heavy atom. The van der Waals surface area contributed by atoms with Crippen LogP contribution in [0.5, 0.6) is 5.75 Å². The summed E-state index contributed by atoms with van der Waals surface area (Å²) in [7, 11) is 0. The van der Waals surface area contributed by atoms with Crippen molar-refractivity contribution in [3.05, 3.63) is 64.2 Å². The van der Waals surface area contributed by atoms with E-state index in [0.29, 0.717) is 18.8 Å². The lowest BCUT2D eigenvalue weighted by Gasteiger charge is -2.38. The largest absolute Gasteiger partial charge is 0.481 e. The number of alkyl halides is 3. The molecule has 4 atom stereocenters. The molecule has 0 spiro atoms. The van der Waals surface area contributed by atoms with Crippen molar-refractivity contribution in [1.29, 1.82) is 0 Å². The SMILES string of the molecule is Cc1c(OC(C)C(N)=O)ccc(C(C)N2CC3CC2CN3C(=O)c2ccc(C(F)(F)F)cc2)c1C. The maximum atomic E-state index is 13.0. The molecule has 4 rings (SSSR count). The molecule has 2 amide bonds. The predicted molar refractivity (Wildman–Crippen MR) is 125 cm³/mol. The second-order valence-electron chi connectivity index (χ2n) is 9.51. The number of benzene rings is 2. The molecule has 2 fully saturated rings. The van der Waals surface area contributed by atoms with Crippen LogP contribution in [-0.4, -0.2) is 52.9 Å². The van der Waals surface area contributed by atoms with Gasteiger partial charge >= 0.3 is 6.18 Å². The second-order valence-corrected chi connectivity index (χ2v) is 9.51. The first-order valence-electron chi connectivity index (χ1n) is 11.7. The summed E-state index contributed by atoms with van der Waals surface area (Å²) in [6, 6.07) is 8.61. The normalized spacial score (nSPS) is 21.7. The molecule has 2 aromatic carbocycles. The monoisotopic (exact) mass is 489 g/mol. The number of carbonyl (C=O) groups is 2. The van der Waals surface area contributed by atoms with Gasteiger partial charge in [-0.1, -0.05) is 6.07 Å². The fraction of sp³-hybridized carbons (Fsp3) is 0.462. The zero-order valence-corrected chi connectivity index (χ0v) is 20.2. The summed E-state index contributed by atoms with van der Waals surface area (Å²) in [5.41, 5.74) is 8.01. The highest BCUT2D eigenvalue weighted by atomic mass is 19.4. The highest BCUT2D eigenvalue weighted by Crippen LogP contribution is 2.40. The van der Waals surface area contributed by atoms with E-state index in [1.54, 1.807) is 11.8 Å². The van der Waals surface area contributed by atoms with Crippen molar-refractivity contribution in [2.75, 3.05) is 13.1 Å². The van der Waals surface area contributed by atoms with Crippen LogP contribution in [0.25, 0.3) is 0 Å². The van der Waals surface area contributed by atoms with Crippen LogP contribution in [0.3, 0.4) is 0 Å². The van der Waals surface area contributed by atoms with E-state index in [1.165, 1.54) is 12.1 Å². The number of fused-ring (bicyclic) bond motifs is 2. The van der Waals surface area contributed by atoms with Gasteiger partial charge in [0, 0.05) is 36.8 Å². The smallest absolute Gasteiger partial charge is 0.416 e. The van der Waals surface area contributed by atoms with Gasteiger partial charge in [-0.05, 0) is 81.1 Å². The molecule has 2 N–H and O–H groups in total. The first-order valence-corrected chi connectivity index (χ1v) is 11.7. The zero-order valence-electron chi connectivity index (χ0n) is 20.2. The number of nitrogens with two attached hydrogens (primary N) is 1. The Hall–Kier alpha value is -3.07. The first-order chi connectivity index (χ1) is 16.4. The number of amides is 2. The molecule has 0 radical (unpaired) electrons. The molecule has 2 heterocycles. The zero-order chi connectivity index (χ0) is 25.7. The third-order valence-corrected chi connectivity index (χ3v) is 7.43. The van der Waals surface area contributed by atoms with E-state index in [4.69, 9.17) is 10.5 Å². The third-order valence-electron chi connectivity index (χ3n) is 7.43. The van der Waals surface area contributed by atoms with Crippen LogP contribution in [0.15, 0.2) is 36.4 Å². The molecule has 2 bridgehead atoms. The number of ether oxygens (including phenoxy) is 1. The Bertz CT molecular complexity index is 1130. The van der Waals surface area contributed by atoms with E-state index in [2.05, 4.69) is 11.8 Å². The number of halogens is 3. The van der Waals surface area contributed by atoms with Crippen LogP contribution in [0.4, 0.5) is 13.2 Å². The standard InChI is InChI=1S/C26H30F3N3O3/c1-14-15(2)23(35-17(4)24(30)33)10-9-22(14)16(3)31-12-21-11-20(31)13-32(21)25(34)18-5-7-19(8-6-18)26(27,28)29/h5-10,16-17,20-21H,11-13H2,1-4H3,(H2,30,33). The van der Waals surface area contributed by atoms with Gasteiger partial charge in [-0.3, -0.25) is 14.5 Å². The van der Waals surface area contributed by atoms with Crippen molar-refractivity contribution < 1.29 is 27.5 Å². The minimum absolute atomic E-state index is 0.0256. The van der Waals surface area contributed by atoms with Gasteiger partial charge in [-0.15, -0.1) is 0 Å². The molecular weight excluding hydrogens is 459 g/mol. The molecule has 188 valence electrons. The summed E-state index contributed by atoms with van der Waals surface area (Å²) in [5, 5.41) is 0. The summed E-state index contributed by atoms with van der Waals surface area (Å²) in [4.78, 5) is 28.5. The second kappa shape index (κ2) is 9.18. The topological polar surface area (TPSA) is 75.9 Å². The van der Waals surface area contributed by atoms with Gasteiger partial charge in [0.1, 0.15) is 5.75 Å². The number of likely N-dealkylation sites (tertiary alicyclic amines) is 2. The summed E-state index contributed by atoms with van der Waals surface area (Å²) < 4.78 is 44.2. The number of piperazine rings is 1. The molecule has 2 aromatic rings. The number of hydrogen-bond donors (Lipinski definition) is 1. The molecular formula is C26H30F3N3O3. The molecule has 9 heteroatoms. The van der Waals surface area contributed by atoms with E-state index < -0.39 is 23.8 Å². The summed E-state index contributed by atoms with van der Waals surface area (Å²) in [5.74, 6) is -0.125. The minimum atomic E-state index is -4.42. The number of hydrogen-bond acceptors (Lipinski definition) is 4. The number of nitrogens with zero attached hydrogens (tertiary/aromatic N) is 2. The molecule has 2 aliphatic rings. The highest BCUT2D eigenvalue weighted by molar-refractivity contribution is 5.94. The average Bonchev–Trinajstić information content (AvgIpc) is 3.42.